The van der Waals surface area contributed by atoms with E-state index in [1.807, 2.05) is 7.05 Å². The number of aromatic nitrogens is 5. The van der Waals surface area contributed by atoms with Crippen LogP contribution in [-0.2, 0) is 13.2 Å². The Morgan fingerprint density at radius 3 is 2.32 bits per heavy atom. The highest BCUT2D eigenvalue weighted by Gasteiger charge is 2.44. The minimum Gasteiger partial charge on any atom is -0.355 e. The number of alkyl halides is 3. The fourth-order valence-electron chi connectivity index (χ4n) is 4.41. The molecule has 0 aromatic carbocycles. The van der Waals surface area contributed by atoms with Gasteiger partial charge in [0.25, 0.3) is 0 Å². The summed E-state index contributed by atoms with van der Waals surface area (Å²) in [6.07, 6.45) is 0.309. The summed E-state index contributed by atoms with van der Waals surface area (Å²) in [4.78, 5) is 16.7. The molecule has 3 aromatic rings. The van der Waals surface area contributed by atoms with Gasteiger partial charge in [-0.25, -0.2) is 15.0 Å². The highest BCUT2D eigenvalue weighted by Crippen LogP contribution is 2.40. The third-order valence-corrected chi connectivity index (χ3v) is 5.69. The van der Waals surface area contributed by atoms with Gasteiger partial charge in [0.1, 0.15) is 18.0 Å². The molecule has 2 aliphatic rings. The van der Waals surface area contributed by atoms with E-state index in [9.17, 15) is 13.2 Å². The second-order valence-corrected chi connectivity index (χ2v) is 7.41. The van der Waals surface area contributed by atoms with Crippen molar-refractivity contribution in [1.82, 2.24) is 24.7 Å². The van der Waals surface area contributed by atoms with Gasteiger partial charge in [0.2, 0.25) is 0 Å². The van der Waals surface area contributed by atoms with Gasteiger partial charge in [0, 0.05) is 51.3 Å². The van der Waals surface area contributed by atoms with Crippen molar-refractivity contribution >= 4 is 22.7 Å². The van der Waals surface area contributed by atoms with Gasteiger partial charge in [0.05, 0.1) is 17.1 Å². The lowest BCUT2D eigenvalue weighted by atomic mass is 10.0. The molecule has 7 nitrogen and oxygen atoms in total. The van der Waals surface area contributed by atoms with E-state index in [1.165, 1.54) is 18.6 Å². The molecule has 2 atom stereocenters. The highest BCUT2D eigenvalue weighted by molar-refractivity contribution is 5.86. The van der Waals surface area contributed by atoms with Gasteiger partial charge < -0.3 is 9.80 Å². The van der Waals surface area contributed by atoms with Gasteiger partial charge in [-0.2, -0.15) is 18.3 Å². The molecule has 0 amide bonds. The summed E-state index contributed by atoms with van der Waals surface area (Å²) in [5, 5.41) is 5.14. The second kappa shape index (κ2) is 6.05. The third kappa shape index (κ3) is 2.66. The van der Waals surface area contributed by atoms with Crippen molar-refractivity contribution in [2.75, 3.05) is 36.0 Å². The van der Waals surface area contributed by atoms with Gasteiger partial charge in [-0.1, -0.05) is 0 Å². The molecule has 146 valence electrons. The molecule has 3 aromatic heterocycles. The van der Waals surface area contributed by atoms with Gasteiger partial charge in [-0.3, -0.25) is 4.68 Å². The summed E-state index contributed by atoms with van der Waals surface area (Å²) in [5.41, 5.74) is 0.103. The van der Waals surface area contributed by atoms with E-state index in [0.717, 1.165) is 36.0 Å². The molecule has 2 fully saturated rings. The number of aryl methyl sites for hydroxylation is 1. The molecule has 0 aliphatic carbocycles. The lowest BCUT2D eigenvalue weighted by molar-refractivity contribution is -0.137. The molecular formula is C18H18F3N7. The Kier molecular flexibility index (Phi) is 3.72. The number of rotatable bonds is 2. The van der Waals surface area contributed by atoms with Crippen LogP contribution >= 0.6 is 0 Å². The van der Waals surface area contributed by atoms with Crippen LogP contribution in [-0.4, -0.2) is 50.9 Å². The molecule has 0 saturated carbocycles. The Balaban J connectivity index is 1.37. The maximum Gasteiger partial charge on any atom is 0.419 e. The van der Waals surface area contributed by atoms with Gasteiger partial charge in [-0.15, -0.1) is 0 Å². The van der Waals surface area contributed by atoms with Crippen molar-refractivity contribution in [3.8, 4) is 0 Å². The van der Waals surface area contributed by atoms with Crippen molar-refractivity contribution in [2.24, 2.45) is 18.9 Å². The van der Waals surface area contributed by atoms with Crippen LogP contribution in [0.3, 0.4) is 0 Å². The van der Waals surface area contributed by atoms with E-state index in [4.69, 9.17) is 0 Å². The Labute approximate surface area is 158 Å². The largest absolute Gasteiger partial charge is 0.419 e. The summed E-state index contributed by atoms with van der Waals surface area (Å²) < 4.78 is 41.7. The number of hydrogen-bond acceptors (Lipinski definition) is 6. The van der Waals surface area contributed by atoms with E-state index >= 15 is 0 Å². The first-order valence-corrected chi connectivity index (χ1v) is 9.06. The van der Waals surface area contributed by atoms with Crippen molar-refractivity contribution in [3.63, 3.8) is 0 Å². The molecule has 2 aliphatic heterocycles. The van der Waals surface area contributed by atoms with Crippen molar-refractivity contribution in [3.05, 3.63) is 36.4 Å². The summed E-state index contributed by atoms with van der Waals surface area (Å²) in [7, 11) is 1.83. The van der Waals surface area contributed by atoms with E-state index in [0.29, 0.717) is 13.1 Å². The minimum absolute atomic E-state index is 0.0348. The minimum atomic E-state index is -4.40. The molecule has 0 bridgehead atoms. The molecule has 0 N–H and O–H groups in total. The summed E-state index contributed by atoms with van der Waals surface area (Å²) in [5.74, 6) is 1.41. The van der Waals surface area contributed by atoms with Crippen LogP contribution in [0.2, 0.25) is 0 Å². The van der Waals surface area contributed by atoms with Gasteiger partial charge >= 0.3 is 6.18 Å². The topological polar surface area (TPSA) is 63.0 Å². The summed E-state index contributed by atoms with van der Waals surface area (Å²) in [6, 6.07) is 2.43. The Hall–Kier alpha value is -2.91. The van der Waals surface area contributed by atoms with Crippen LogP contribution in [0, 0.1) is 11.8 Å². The Bertz CT molecular complexity index is 1020. The average molecular weight is 389 g/mol. The molecule has 0 spiro atoms. The van der Waals surface area contributed by atoms with Gasteiger partial charge in [-0.05, 0) is 12.1 Å². The average Bonchev–Trinajstić information content (AvgIpc) is 3.34. The normalized spacial score (nSPS) is 22.3. The third-order valence-electron chi connectivity index (χ3n) is 5.69. The van der Waals surface area contributed by atoms with E-state index in [1.54, 1.807) is 15.8 Å². The van der Waals surface area contributed by atoms with Crippen molar-refractivity contribution < 1.29 is 13.2 Å². The van der Waals surface area contributed by atoms with E-state index in [2.05, 4.69) is 25.0 Å². The lowest BCUT2D eigenvalue weighted by Crippen LogP contribution is -2.31. The van der Waals surface area contributed by atoms with Crippen molar-refractivity contribution in [1.29, 1.82) is 0 Å². The van der Waals surface area contributed by atoms with Gasteiger partial charge in [0.15, 0.2) is 5.65 Å². The number of nitrogens with zero attached hydrogens (tertiary/aromatic N) is 7. The maximum absolute atomic E-state index is 13.3. The number of hydrogen-bond donors (Lipinski definition) is 0. The maximum atomic E-state index is 13.3. The van der Waals surface area contributed by atoms with E-state index < -0.39 is 11.7 Å². The van der Waals surface area contributed by atoms with E-state index in [-0.39, 0.29) is 17.7 Å². The molecule has 10 heteroatoms. The zero-order valence-corrected chi connectivity index (χ0v) is 15.1. The molecule has 2 saturated heterocycles. The summed E-state index contributed by atoms with van der Waals surface area (Å²) >= 11 is 0. The standard InChI is InChI=1S/C18H18F3N7/c1-26-15-13(5-25-26)16(24-10-23-15)27-6-11-8-28(9-12(11)7-27)17-14(18(19,20)21)3-2-4-22-17/h2-5,10-12H,6-9H2,1H3. The van der Waals surface area contributed by atoms with Crippen LogP contribution in [0.15, 0.2) is 30.9 Å². The molecular weight excluding hydrogens is 371 g/mol. The molecule has 2 unspecified atom stereocenters. The zero-order valence-electron chi connectivity index (χ0n) is 15.1. The van der Waals surface area contributed by atoms with Crippen LogP contribution in [0.5, 0.6) is 0 Å². The SMILES string of the molecule is Cn1ncc2c(N3CC4CN(c5ncccc5C(F)(F)F)CC4C3)ncnc21. The first kappa shape index (κ1) is 17.2. The zero-order chi connectivity index (χ0) is 19.5. The van der Waals surface area contributed by atoms with Crippen LogP contribution in [0.1, 0.15) is 5.56 Å². The number of anilines is 2. The van der Waals surface area contributed by atoms with Crippen molar-refractivity contribution in [2.45, 2.75) is 6.18 Å². The quantitative estimate of drug-likeness (QED) is 0.671. The highest BCUT2D eigenvalue weighted by atomic mass is 19.4. The summed E-state index contributed by atoms with van der Waals surface area (Å²) in [6.45, 7) is 2.61. The smallest absolute Gasteiger partial charge is 0.355 e. The molecule has 0 radical (unpaired) electrons. The predicted molar refractivity (Wildman–Crippen MR) is 96.9 cm³/mol. The molecule has 5 rings (SSSR count). The Morgan fingerprint density at radius 2 is 1.64 bits per heavy atom. The predicted octanol–water partition coefficient (Wildman–Crippen LogP) is 2.35. The number of fused-ring (bicyclic) bond motifs is 2. The van der Waals surface area contributed by atoms with Crippen LogP contribution in [0.4, 0.5) is 24.8 Å². The van der Waals surface area contributed by atoms with Crippen LogP contribution < -0.4 is 9.80 Å². The number of pyridine rings is 1. The number of halogens is 3. The second-order valence-electron chi connectivity index (χ2n) is 7.41. The Morgan fingerprint density at radius 1 is 0.964 bits per heavy atom. The van der Waals surface area contributed by atoms with Crippen LogP contribution in [0.25, 0.3) is 11.0 Å². The monoisotopic (exact) mass is 389 g/mol. The molecule has 5 heterocycles. The molecule has 28 heavy (non-hydrogen) atoms. The first-order valence-electron chi connectivity index (χ1n) is 9.06. The fraction of sp³-hybridized carbons (Fsp3) is 0.444. The lowest BCUT2D eigenvalue weighted by Gasteiger charge is -2.25. The fourth-order valence-corrected chi connectivity index (χ4v) is 4.41. The first-order chi connectivity index (χ1) is 13.4.